The van der Waals surface area contributed by atoms with E-state index in [0.717, 1.165) is 16.0 Å². The molecule has 6 heteroatoms. The van der Waals surface area contributed by atoms with Gasteiger partial charge in [0, 0.05) is 24.1 Å². The zero-order chi connectivity index (χ0) is 18.8. The summed E-state index contributed by atoms with van der Waals surface area (Å²) in [6.07, 6.45) is 0. The van der Waals surface area contributed by atoms with Crippen LogP contribution in [-0.4, -0.2) is 42.0 Å². The minimum absolute atomic E-state index is 0.138. The van der Waals surface area contributed by atoms with Gasteiger partial charge in [-0.05, 0) is 30.9 Å². The Morgan fingerprint density at radius 3 is 2.46 bits per heavy atom. The van der Waals surface area contributed by atoms with E-state index >= 15 is 0 Å². The molecular weight excluding hydrogens is 350 g/mol. The Morgan fingerprint density at radius 2 is 1.88 bits per heavy atom. The van der Waals surface area contributed by atoms with Crippen molar-refractivity contribution in [2.24, 2.45) is 0 Å². The van der Waals surface area contributed by atoms with Crippen molar-refractivity contribution in [1.82, 2.24) is 4.90 Å². The molecule has 1 aromatic heterocycles. The van der Waals surface area contributed by atoms with E-state index in [1.54, 1.807) is 19.2 Å². The number of aryl methyl sites for hydroxylation is 2. The maximum atomic E-state index is 12.7. The topological polar surface area (TPSA) is 66.8 Å². The van der Waals surface area contributed by atoms with Crippen LogP contribution in [0.15, 0.2) is 41.3 Å². The molecule has 1 atom stereocenters. The molecule has 1 aromatic carbocycles. The Morgan fingerprint density at radius 1 is 1.19 bits per heavy atom. The van der Waals surface area contributed by atoms with Crippen molar-refractivity contribution >= 4 is 28.8 Å². The number of amides is 1. The number of benzene rings is 1. The van der Waals surface area contributed by atoms with Crippen LogP contribution in [0.25, 0.3) is 5.76 Å². The zero-order valence-electron chi connectivity index (χ0n) is 15.0. The van der Waals surface area contributed by atoms with Gasteiger partial charge in [-0.15, -0.1) is 11.3 Å². The summed E-state index contributed by atoms with van der Waals surface area (Å²) in [5.74, 6) is -1.40. The average Bonchev–Trinajstić information content (AvgIpc) is 3.15. The second kappa shape index (κ2) is 7.43. The number of Topliss-reactive ketones (excluding diaryl/α,β-unsaturated/α-hetero) is 1. The molecular formula is C20H21NO4S. The van der Waals surface area contributed by atoms with E-state index in [2.05, 4.69) is 0 Å². The Kier molecular flexibility index (Phi) is 5.25. The van der Waals surface area contributed by atoms with Crippen molar-refractivity contribution in [3.63, 3.8) is 0 Å². The van der Waals surface area contributed by atoms with Crippen molar-refractivity contribution in [1.29, 1.82) is 0 Å². The van der Waals surface area contributed by atoms with Crippen LogP contribution >= 0.6 is 11.3 Å². The molecule has 1 aliphatic heterocycles. The number of aliphatic hydroxyl groups is 1. The lowest BCUT2D eigenvalue weighted by Gasteiger charge is -2.24. The van der Waals surface area contributed by atoms with Crippen LogP contribution in [0.1, 0.15) is 27.6 Å². The number of ether oxygens (including phenoxy) is 1. The molecule has 5 nitrogen and oxygen atoms in total. The minimum atomic E-state index is -0.656. The fraction of sp³-hybridized carbons (Fsp3) is 0.300. The highest BCUT2D eigenvalue weighted by atomic mass is 32.1. The first kappa shape index (κ1) is 18.4. The third-order valence-corrected chi connectivity index (χ3v) is 5.62. The molecule has 0 spiro atoms. The summed E-state index contributed by atoms with van der Waals surface area (Å²) >= 11 is 1.47. The van der Waals surface area contributed by atoms with Crippen LogP contribution in [0.4, 0.5) is 0 Å². The fourth-order valence-electron chi connectivity index (χ4n) is 3.10. The fourth-order valence-corrected chi connectivity index (χ4v) is 4.15. The van der Waals surface area contributed by atoms with Gasteiger partial charge in [-0.25, -0.2) is 0 Å². The number of carbonyl (C=O) groups excluding carboxylic acids is 2. The standard InChI is InChI=1S/C20H21NO4S/c1-12-4-6-14(7-5-12)17(22)15-16(19-13(2)8-11-26-19)21(9-10-25-3)20(24)18(15)23/h4-8,11,16,22H,9-10H2,1-3H3/b17-15-. The Hall–Kier alpha value is -2.44. The molecule has 1 aliphatic rings. The first-order valence-electron chi connectivity index (χ1n) is 8.34. The molecule has 1 N–H and O–H groups in total. The van der Waals surface area contributed by atoms with Crippen molar-refractivity contribution in [2.75, 3.05) is 20.3 Å². The van der Waals surface area contributed by atoms with Crippen LogP contribution in [-0.2, 0) is 14.3 Å². The molecule has 1 saturated heterocycles. The SMILES string of the molecule is COCCN1C(=O)C(=O)/C(=C(\O)c2ccc(C)cc2)C1c1sccc1C. The lowest BCUT2D eigenvalue weighted by molar-refractivity contribution is -0.140. The Bertz CT molecular complexity index is 866. The Labute approximate surface area is 156 Å². The van der Waals surface area contributed by atoms with E-state index in [0.29, 0.717) is 12.2 Å². The van der Waals surface area contributed by atoms with Gasteiger partial charge >= 0.3 is 0 Å². The summed E-state index contributed by atoms with van der Waals surface area (Å²) in [5.41, 5.74) is 2.70. The third kappa shape index (κ3) is 3.18. The lowest BCUT2D eigenvalue weighted by Crippen LogP contribution is -2.32. The molecule has 1 amide bonds. The lowest BCUT2D eigenvalue weighted by atomic mass is 9.98. The molecule has 0 bridgehead atoms. The highest BCUT2D eigenvalue weighted by molar-refractivity contribution is 7.10. The van der Waals surface area contributed by atoms with E-state index in [1.807, 2.05) is 37.4 Å². The molecule has 3 rings (SSSR count). The van der Waals surface area contributed by atoms with Crippen molar-refractivity contribution in [2.45, 2.75) is 19.9 Å². The van der Waals surface area contributed by atoms with Crippen LogP contribution in [0.3, 0.4) is 0 Å². The smallest absolute Gasteiger partial charge is 0.295 e. The number of carbonyl (C=O) groups is 2. The molecule has 1 fully saturated rings. The number of thiophene rings is 1. The van der Waals surface area contributed by atoms with Crippen molar-refractivity contribution in [3.05, 3.63) is 62.9 Å². The maximum Gasteiger partial charge on any atom is 0.295 e. The monoisotopic (exact) mass is 371 g/mol. The van der Waals surface area contributed by atoms with Crippen LogP contribution in [0, 0.1) is 13.8 Å². The number of hydrogen-bond acceptors (Lipinski definition) is 5. The summed E-state index contributed by atoms with van der Waals surface area (Å²) in [5, 5.41) is 12.8. The summed E-state index contributed by atoms with van der Waals surface area (Å²) in [7, 11) is 1.55. The van der Waals surface area contributed by atoms with E-state index in [4.69, 9.17) is 4.74 Å². The predicted octanol–water partition coefficient (Wildman–Crippen LogP) is 3.43. The van der Waals surface area contributed by atoms with Gasteiger partial charge in [0.25, 0.3) is 11.7 Å². The maximum absolute atomic E-state index is 12.7. The number of hydrogen-bond donors (Lipinski definition) is 1. The molecule has 0 saturated carbocycles. The average molecular weight is 371 g/mol. The first-order chi connectivity index (χ1) is 12.5. The number of aliphatic hydroxyl groups excluding tert-OH is 1. The van der Waals surface area contributed by atoms with Crippen molar-refractivity contribution < 1.29 is 19.4 Å². The second-order valence-corrected chi connectivity index (χ2v) is 7.27. The summed E-state index contributed by atoms with van der Waals surface area (Å²) in [4.78, 5) is 27.7. The largest absolute Gasteiger partial charge is 0.507 e. The summed E-state index contributed by atoms with van der Waals surface area (Å²) in [6, 6.07) is 8.59. The van der Waals surface area contributed by atoms with Gasteiger partial charge < -0.3 is 14.7 Å². The first-order valence-corrected chi connectivity index (χ1v) is 9.22. The van der Waals surface area contributed by atoms with Crippen LogP contribution < -0.4 is 0 Å². The predicted molar refractivity (Wildman–Crippen MR) is 101 cm³/mol. The summed E-state index contributed by atoms with van der Waals surface area (Å²) < 4.78 is 5.10. The molecule has 2 aromatic rings. The van der Waals surface area contributed by atoms with Gasteiger partial charge in [0.05, 0.1) is 18.2 Å². The van der Waals surface area contributed by atoms with Gasteiger partial charge in [-0.3, -0.25) is 9.59 Å². The molecule has 0 aliphatic carbocycles. The highest BCUT2D eigenvalue weighted by Gasteiger charge is 2.46. The van der Waals surface area contributed by atoms with Crippen LogP contribution in [0.5, 0.6) is 0 Å². The van der Waals surface area contributed by atoms with Gasteiger partial charge in [-0.2, -0.15) is 0 Å². The Balaban J connectivity index is 2.15. The number of nitrogens with zero attached hydrogens (tertiary/aromatic N) is 1. The van der Waals surface area contributed by atoms with E-state index in [-0.39, 0.29) is 17.9 Å². The quantitative estimate of drug-likeness (QED) is 0.497. The molecule has 26 heavy (non-hydrogen) atoms. The second-order valence-electron chi connectivity index (χ2n) is 6.32. The number of likely N-dealkylation sites (tertiary alicyclic amines) is 1. The van der Waals surface area contributed by atoms with E-state index in [1.165, 1.54) is 16.2 Å². The third-order valence-electron chi connectivity index (χ3n) is 4.55. The van der Waals surface area contributed by atoms with Gasteiger partial charge in [-0.1, -0.05) is 29.8 Å². The molecule has 136 valence electrons. The highest BCUT2D eigenvalue weighted by Crippen LogP contribution is 2.42. The normalized spacial score (nSPS) is 19.3. The zero-order valence-corrected chi connectivity index (χ0v) is 15.8. The number of ketones is 1. The van der Waals surface area contributed by atoms with Gasteiger partial charge in [0.1, 0.15) is 5.76 Å². The van der Waals surface area contributed by atoms with Crippen LogP contribution in [0.2, 0.25) is 0 Å². The molecule has 1 unspecified atom stereocenters. The van der Waals surface area contributed by atoms with E-state index < -0.39 is 17.7 Å². The van der Waals surface area contributed by atoms with E-state index in [9.17, 15) is 14.7 Å². The summed E-state index contributed by atoms with van der Waals surface area (Å²) in [6.45, 7) is 4.49. The minimum Gasteiger partial charge on any atom is -0.507 e. The number of methoxy groups -OCH3 is 1. The molecule has 0 radical (unpaired) electrons. The van der Waals surface area contributed by atoms with Crippen molar-refractivity contribution in [3.8, 4) is 0 Å². The van der Waals surface area contributed by atoms with Gasteiger partial charge in [0.15, 0.2) is 0 Å². The van der Waals surface area contributed by atoms with Gasteiger partial charge in [0.2, 0.25) is 0 Å². The molecule has 2 heterocycles. The number of rotatable bonds is 5.